The smallest absolute Gasteiger partial charge is 0.407 e. The van der Waals surface area contributed by atoms with Gasteiger partial charge in [0.25, 0.3) is 0 Å². The van der Waals surface area contributed by atoms with Gasteiger partial charge in [-0.05, 0) is 65.0 Å². The normalized spacial score (nSPS) is 15.6. The Balaban J connectivity index is 2.24. The van der Waals surface area contributed by atoms with Crippen molar-refractivity contribution in [3.8, 4) is 11.8 Å². The molecular formula is C22H33ClN4O5. The van der Waals surface area contributed by atoms with E-state index in [1.807, 2.05) is 34.6 Å². The lowest BCUT2D eigenvalue weighted by atomic mass is 9.89. The Hall–Kier alpha value is -2.12. The second kappa shape index (κ2) is 12.2. The van der Waals surface area contributed by atoms with Crippen LogP contribution in [0.1, 0.15) is 53.0 Å². The third-order valence-electron chi connectivity index (χ3n) is 4.52. The molecule has 1 aromatic rings. The Labute approximate surface area is 194 Å². The number of nitrogens with zero attached hydrogens (tertiary/aromatic N) is 2. The van der Waals surface area contributed by atoms with E-state index in [2.05, 4.69) is 32.4 Å². The van der Waals surface area contributed by atoms with E-state index in [1.165, 1.54) is 0 Å². The van der Waals surface area contributed by atoms with Crippen molar-refractivity contribution in [3.63, 3.8) is 0 Å². The van der Waals surface area contributed by atoms with Crippen molar-refractivity contribution in [2.45, 2.75) is 64.9 Å². The molecule has 10 heteroatoms. The highest BCUT2D eigenvalue weighted by molar-refractivity contribution is 6.28. The van der Waals surface area contributed by atoms with Gasteiger partial charge >= 0.3 is 6.09 Å². The van der Waals surface area contributed by atoms with Gasteiger partial charge in [0.1, 0.15) is 11.4 Å². The Bertz CT molecular complexity index is 807. The summed E-state index contributed by atoms with van der Waals surface area (Å²) in [5, 5.41) is 6.39. The highest BCUT2D eigenvalue weighted by atomic mass is 35.5. The second-order valence-electron chi connectivity index (χ2n) is 8.29. The van der Waals surface area contributed by atoms with Gasteiger partial charge in [0.15, 0.2) is 0 Å². The van der Waals surface area contributed by atoms with Gasteiger partial charge in [-0.2, -0.15) is 4.98 Å². The minimum absolute atomic E-state index is 0.0894. The molecule has 1 aliphatic heterocycles. The summed E-state index contributed by atoms with van der Waals surface area (Å²) in [6, 6.07) is 0. The summed E-state index contributed by atoms with van der Waals surface area (Å²) in [5.41, 5.74) is -0.550. The summed E-state index contributed by atoms with van der Waals surface area (Å²) in [6.45, 7) is 11.6. The maximum Gasteiger partial charge on any atom is 0.407 e. The maximum atomic E-state index is 12.2. The minimum atomic E-state index is -0.653. The van der Waals surface area contributed by atoms with Crippen LogP contribution in [0.15, 0.2) is 6.20 Å². The van der Waals surface area contributed by atoms with E-state index in [9.17, 15) is 4.79 Å². The maximum absolute atomic E-state index is 12.2. The van der Waals surface area contributed by atoms with E-state index in [0.717, 1.165) is 0 Å². The van der Waals surface area contributed by atoms with E-state index in [0.29, 0.717) is 57.2 Å². The molecule has 9 nitrogen and oxygen atoms in total. The predicted octanol–water partition coefficient (Wildman–Crippen LogP) is 3.37. The summed E-state index contributed by atoms with van der Waals surface area (Å²) in [4.78, 5) is 20.6. The zero-order chi connectivity index (χ0) is 23.6. The molecule has 32 heavy (non-hydrogen) atoms. The molecular weight excluding hydrogens is 436 g/mol. The summed E-state index contributed by atoms with van der Waals surface area (Å²) >= 11 is 6.07. The molecule has 2 N–H and O–H groups in total. The Kier molecular flexibility index (Phi) is 9.97. The average molecular weight is 469 g/mol. The van der Waals surface area contributed by atoms with Gasteiger partial charge in [0.05, 0.1) is 11.1 Å². The number of aromatic nitrogens is 2. The molecule has 0 bridgehead atoms. The van der Waals surface area contributed by atoms with Gasteiger partial charge in [-0.25, -0.2) is 9.78 Å². The van der Waals surface area contributed by atoms with Crippen LogP contribution >= 0.6 is 11.6 Å². The molecule has 178 valence electrons. The lowest BCUT2D eigenvalue weighted by Crippen LogP contribution is -2.53. The monoisotopic (exact) mass is 468 g/mol. The molecule has 1 saturated heterocycles. The standard InChI is InChI=1S/C22H33ClN4O5/c1-6-30-17(31-7-2)9-8-16-14-24-19(23)26-18(16)27-22(10-12-29-13-11-22)15-25-20(28)32-21(3,4)5/h14,17H,6-7,10-13,15H2,1-5H3,(H,25,28)(H,24,26,27). The molecule has 0 saturated carbocycles. The van der Waals surface area contributed by atoms with Crippen molar-refractivity contribution < 1.29 is 23.7 Å². The van der Waals surface area contributed by atoms with Crippen molar-refractivity contribution in [2.75, 3.05) is 38.3 Å². The number of anilines is 1. The number of nitrogens with one attached hydrogen (secondary N) is 2. The lowest BCUT2D eigenvalue weighted by molar-refractivity contribution is -0.0969. The topological polar surface area (TPSA) is 104 Å². The number of rotatable bonds is 8. The molecule has 0 radical (unpaired) electrons. The van der Waals surface area contributed by atoms with Gasteiger partial charge in [-0.15, -0.1) is 0 Å². The first kappa shape index (κ1) is 26.1. The van der Waals surface area contributed by atoms with Crippen LogP contribution in [0.5, 0.6) is 0 Å². The molecule has 1 fully saturated rings. The minimum Gasteiger partial charge on any atom is -0.444 e. The first-order valence-electron chi connectivity index (χ1n) is 10.8. The molecule has 0 aromatic carbocycles. The number of halogens is 1. The number of alkyl carbamates (subject to hydrolysis) is 1. The molecule has 1 aliphatic rings. The fraction of sp³-hybridized carbons (Fsp3) is 0.682. The van der Waals surface area contributed by atoms with Crippen LogP contribution in [-0.2, 0) is 18.9 Å². The molecule has 0 spiro atoms. The number of ether oxygens (including phenoxy) is 4. The van der Waals surface area contributed by atoms with E-state index >= 15 is 0 Å². The van der Waals surface area contributed by atoms with Crippen molar-refractivity contribution in [3.05, 3.63) is 17.0 Å². The molecule has 2 rings (SSSR count). The van der Waals surface area contributed by atoms with Gasteiger partial charge in [-0.1, -0.05) is 5.92 Å². The van der Waals surface area contributed by atoms with E-state index in [-0.39, 0.29) is 5.28 Å². The second-order valence-corrected chi connectivity index (χ2v) is 8.62. The zero-order valence-electron chi connectivity index (χ0n) is 19.4. The van der Waals surface area contributed by atoms with Gasteiger partial charge in [0, 0.05) is 39.2 Å². The van der Waals surface area contributed by atoms with E-state index in [1.54, 1.807) is 6.20 Å². The SMILES string of the molecule is CCOC(C#Cc1cnc(Cl)nc1NC1(CNC(=O)OC(C)(C)C)CCOCC1)OCC. The molecule has 0 atom stereocenters. The third-order valence-corrected chi connectivity index (χ3v) is 4.71. The summed E-state index contributed by atoms with van der Waals surface area (Å²) in [5.74, 6) is 6.44. The van der Waals surface area contributed by atoms with E-state index < -0.39 is 23.5 Å². The number of amides is 1. The fourth-order valence-corrected chi connectivity index (χ4v) is 3.17. The van der Waals surface area contributed by atoms with Crippen molar-refractivity contribution in [2.24, 2.45) is 0 Å². The Morgan fingerprint density at radius 2 is 1.94 bits per heavy atom. The number of carbonyl (C=O) groups excluding carboxylic acids is 1. The molecule has 0 aliphatic carbocycles. The molecule has 0 unspecified atom stereocenters. The van der Waals surface area contributed by atoms with Crippen LogP contribution in [0.3, 0.4) is 0 Å². The number of carbonyl (C=O) groups is 1. The van der Waals surface area contributed by atoms with Crippen LogP contribution in [0.4, 0.5) is 10.6 Å². The van der Waals surface area contributed by atoms with Crippen LogP contribution in [0.2, 0.25) is 5.28 Å². The molecule has 1 amide bonds. The summed E-state index contributed by atoms with van der Waals surface area (Å²) < 4.78 is 21.9. The summed E-state index contributed by atoms with van der Waals surface area (Å²) in [6.07, 6.45) is 1.71. The van der Waals surface area contributed by atoms with Gasteiger partial charge < -0.3 is 29.6 Å². The largest absolute Gasteiger partial charge is 0.444 e. The lowest BCUT2D eigenvalue weighted by Gasteiger charge is -2.38. The summed E-state index contributed by atoms with van der Waals surface area (Å²) in [7, 11) is 0. The Morgan fingerprint density at radius 3 is 2.53 bits per heavy atom. The number of hydrogen-bond acceptors (Lipinski definition) is 8. The van der Waals surface area contributed by atoms with Crippen LogP contribution in [0, 0.1) is 11.8 Å². The quantitative estimate of drug-likeness (QED) is 0.340. The van der Waals surface area contributed by atoms with Crippen LogP contribution < -0.4 is 10.6 Å². The first-order chi connectivity index (χ1) is 15.2. The van der Waals surface area contributed by atoms with Crippen LogP contribution in [0.25, 0.3) is 0 Å². The van der Waals surface area contributed by atoms with Gasteiger partial charge in [0.2, 0.25) is 11.6 Å². The highest BCUT2D eigenvalue weighted by Crippen LogP contribution is 2.27. The Morgan fingerprint density at radius 1 is 1.28 bits per heavy atom. The fourth-order valence-electron chi connectivity index (χ4n) is 3.03. The van der Waals surface area contributed by atoms with E-state index in [4.69, 9.17) is 30.5 Å². The first-order valence-corrected chi connectivity index (χ1v) is 11.1. The van der Waals surface area contributed by atoms with Crippen LogP contribution in [-0.4, -0.2) is 66.5 Å². The number of hydrogen-bond donors (Lipinski definition) is 2. The van der Waals surface area contributed by atoms with Crippen molar-refractivity contribution >= 4 is 23.5 Å². The average Bonchev–Trinajstić information content (AvgIpc) is 2.71. The highest BCUT2D eigenvalue weighted by Gasteiger charge is 2.34. The van der Waals surface area contributed by atoms with Gasteiger partial charge in [-0.3, -0.25) is 0 Å². The molecule has 1 aromatic heterocycles. The predicted molar refractivity (Wildman–Crippen MR) is 122 cm³/mol. The van der Waals surface area contributed by atoms with Crippen molar-refractivity contribution in [1.82, 2.24) is 15.3 Å². The van der Waals surface area contributed by atoms with Crippen molar-refractivity contribution in [1.29, 1.82) is 0 Å². The third kappa shape index (κ3) is 8.79. The zero-order valence-corrected chi connectivity index (χ0v) is 20.2. The molecule has 2 heterocycles.